The lowest BCUT2D eigenvalue weighted by molar-refractivity contribution is -0.0380. The van der Waals surface area contributed by atoms with E-state index in [1.807, 2.05) is 22.9 Å². The Morgan fingerprint density at radius 1 is 1.24 bits per heavy atom. The highest BCUT2D eigenvalue weighted by molar-refractivity contribution is 9.10. The van der Waals surface area contributed by atoms with Gasteiger partial charge in [-0.05, 0) is 56.7 Å². The van der Waals surface area contributed by atoms with Gasteiger partial charge in [0.1, 0.15) is 11.8 Å². The average molecular weight is 528 g/mol. The van der Waals surface area contributed by atoms with E-state index >= 15 is 0 Å². The molecular formula is C24H26BrN5O4. The van der Waals surface area contributed by atoms with E-state index in [0.29, 0.717) is 31.3 Å². The van der Waals surface area contributed by atoms with Crippen LogP contribution in [-0.2, 0) is 4.74 Å². The number of halogens is 1. The summed E-state index contributed by atoms with van der Waals surface area (Å²) in [7, 11) is 0. The van der Waals surface area contributed by atoms with Crippen molar-refractivity contribution < 1.29 is 19.4 Å². The number of piperidine rings is 1. The molecule has 6 rings (SSSR count). The van der Waals surface area contributed by atoms with E-state index in [1.54, 1.807) is 12.4 Å². The first-order chi connectivity index (χ1) is 16.5. The fourth-order valence-corrected chi connectivity index (χ4v) is 5.55. The minimum absolute atomic E-state index is 0.0545. The molecule has 0 radical (unpaired) electrons. The van der Waals surface area contributed by atoms with E-state index in [1.165, 1.54) is 4.90 Å². The van der Waals surface area contributed by atoms with Crippen molar-refractivity contribution in [3.05, 3.63) is 35.1 Å². The molecule has 1 aliphatic carbocycles. The molecule has 0 bridgehead atoms. The summed E-state index contributed by atoms with van der Waals surface area (Å²) in [6.07, 6.45) is 8.01. The third-order valence-corrected chi connectivity index (χ3v) is 7.81. The number of nitrogens with zero attached hydrogens (tertiary/aromatic N) is 5. The Hall–Kier alpha value is -2.72. The molecule has 3 fully saturated rings. The van der Waals surface area contributed by atoms with Gasteiger partial charge in [0.25, 0.3) is 0 Å². The summed E-state index contributed by atoms with van der Waals surface area (Å²) in [6, 6.07) is 6.00. The van der Waals surface area contributed by atoms with E-state index < -0.39 is 6.09 Å². The van der Waals surface area contributed by atoms with Crippen molar-refractivity contribution in [3.8, 4) is 17.3 Å². The number of fused-ring (bicyclic) bond motifs is 1. The van der Waals surface area contributed by atoms with Gasteiger partial charge >= 0.3 is 6.09 Å². The Balaban J connectivity index is 1.37. The third-order valence-electron chi connectivity index (χ3n) is 7.32. The summed E-state index contributed by atoms with van der Waals surface area (Å²) in [6.45, 7) is 1.62. The number of hydrogen-bond donors (Lipinski definition) is 1. The maximum absolute atomic E-state index is 11.6. The Morgan fingerprint density at radius 3 is 2.88 bits per heavy atom. The lowest BCUT2D eigenvalue weighted by Crippen LogP contribution is -2.49. The first-order valence-corrected chi connectivity index (χ1v) is 12.6. The molecule has 9 nitrogen and oxygen atoms in total. The lowest BCUT2D eigenvalue weighted by Gasteiger charge is -2.37. The fourth-order valence-electron chi connectivity index (χ4n) is 5.19. The smallest absolute Gasteiger partial charge is 0.407 e. The monoisotopic (exact) mass is 527 g/mol. The first kappa shape index (κ1) is 21.8. The summed E-state index contributed by atoms with van der Waals surface area (Å²) >= 11 is 3.58. The van der Waals surface area contributed by atoms with Crippen LogP contribution in [0.3, 0.4) is 0 Å². The molecule has 2 unspecified atom stereocenters. The molecule has 178 valence electrons. The van der Waals surface area contributed by atoms with Crippen molar-refractivity contribution in [2.45, 2.75) is 50.9 Å². The van der Waals surface area contributed by atoms with Crippen LogP contribution in [0.4, 0.5) is 4.79 Å². The molecule has 1 aromatic carbocycles. The van der Waals surface area contributed by atoms with Crippen molar-refractivity contribution >= 4 is 32.9 Å². The van der Waals surface area contributed by atoms with Crippen LogP contribution in [0.25, 0.3) is 22.3 Å². The SMILES string of the molecule is O=C(O)N1CCC2(CC2)C(Oc2cncc(-c3c4cc(Br)ccc4nn3C3CCCCO3)n2)C1. The van der Waals surface area contributed by atoms with Crippen LogP contribution in [-0.4, -0.2) is 61.6 Å². The minimum Gasteiger partial charge on any atom is -0.471 e. The highest BCUT2D eigenvalue weighted by atomic mass is 79.9. The van der Waals surface area contributed by atoms with Gasteiger partial charge in [-0.2, -0.15) is 5.10 Å². The van der Waals surface area contributed by atoms with Crippen LogP contribution in [0.5, 0.6) is 5.88 Å². The van der Waals surface area contributed by atoms with Gasteiger partial charge in [0.2, 0.25) is 5.88 Å². The number of likely N-dealkylation sites (tertiary alicyclic amines) is 1. The number of aromatic nitrogens is 4. The molecule has 2 aliphatic heterocycles. The van der Waals surface area contributed by atoms with Crippen molar-refractivity contribution in [1.29, 1.82) is 0 Å². The van der Waals surface area contributed by atoms with Crippen LogP contribution in [0, 0.1) is 5.41 Å². The summed E-state index contributed by atoms with van der Waals surface area (Å²) in [5, 5.41) is 15.3. The van der Waals surface area contributed by atoms with E-state index in [-0.39, 0.29) is 17.7 Å². The van der Waals surface area contributed by atoms with Crippen LogP contribution in [0.1, 0.15) is 44.8 Å². The number of ether oxygens (including phenoxy) is 2. The molecule has 1 saturated carbocycles. The highest BCUT2D eigenvalue weighted by Crippen LogP contribution is 2.54. The molecule has 2 aromatic heterocycles. The van der Waals surface area contributed by atoms with Gasteiger partial charge in [-0.1, -0.05) is 15.9 Å². The third kappa shape index (κ3) is 3.92. The van der Waals surface area contributed by atoms with E-state index in [9.17, 15) is 9.90 Å². The molecule has 3 aromatic rings. The Labute approximate surface area is 205 Å². The molecule has 2 saturated heterocycles. The standard InChI is InChI=1S/C24H26BrN5O4/c25-15-4-5-17-16(11-15)22(30(28-17)21-3-1-2-10-33-21)18-12-26-13-20(27-18)34-19-14-29(23(31)32)9-8-24(19)6-7-24/h4-5,11-13,19,21H,1-3,6-10,14H2,(H,31,32). The van der Waals surface area contributed by atoms with Crippen molar-refractivity contribution in [2.75, 3.05) is 19.7 Å². The quantitative estimate of drug-likeness (QED) is 0.516. The first-order valence-electron chi connectivity index (χ1n) is 11.8. The predicted octanol–water partition coefficient (Wildman–Crippen LogP) is 4.87. The number of carbonyl (C=O) groups is 1. The maximum atomic E-state index is 11.6. The van der Waals surface area contributed by atoms with Gasteiger partial charge in [0.15, 0.2) is 6.23 Å². The summed E-state index contributed by atoms with van der Waals surface area (Å²) in [5.74, 6) is 0.404. The predicted molar refractivity (Wildman–Crippen MR) is 128 cm³/mol. The van der Waals surface area contributed by atoms with Gasteiger partial charge in [-0.3, -0.25) is 4.98 Å². The highest BCUT2D eigenvalue weighted by Gasteiger charge is 2.54. The van der Waals surface area contributed by atoms with Gasteiger partial charge in [0.05, 0.1) is 30.1 Å². The van der Waals surface area contributed by atoms with Crippen LogP contribution in [0.15, 0.2) is 35.1 Å². The zero-order valence-corrected chi connectivity index (χ0v) is 20.3. The Bertz CT molecular complexity index is 1240. The van der Waals surface area contributed by atoms with Gasteiger partial charge in [-0.25, -0.2) is 14.5 Å². The summed E-state index contributed by atoms with van der Waals surface area (Å²) in [4.78, 5) is 22.2. The van der Waals surface area contributed by atoms with E-state index in [2.05, 4.69) is 20.9 Å². The molecule has 1 N–H and O–H groups in total. The van der Waals surface area contributed by atoms with Crippen molar-refractivity contribution in [1.82, 2.24) is 24.6 Å². The van der Waals surface area contributed by atoms with Crippen LogP contribution < -0.4 is 4.74 Å². The molecule has 2 atom stereocenters. The topological polar surface area (TPSA) is 103 Å². The van der Waals surface area contributed by atoms with Crippen LogP contribution in [0.2, 0.25) is 0 Å². The van der Waals surface area contributed by atoms with E-state index in [4.69, 9.17) is 19.6 Å². The average Bonchev–Trinajstić information content (AvgIpc) is 3.52. The normalized spacial score (nSPS) is 23.9. The lowest BCUT2D eigenvalue weighted by atomic mass is 9.90. The number of carboxylic acid groups (broad SMARTS) is 1. The van der Waals surface area contributed by atoms with E-state index in [0.717, 1.165) is 59.6 Å². The minimum atomic E-state index is -0.905. The molecule has 10 heteroatoms. The second-order valence-corrected chi connectivity index (χ2v) is 10.4. The second kappa shape index (κ2) is 8.49. The second-order valence-electron chi connectivity index (χ2n) is 9.47. The number of benzene rings is 1. The summed E-state index contributed by atoms with van der Waals surface area (Å²) in [5.41, 5.74) is 2.42. The summed E-state index contributed by atoms with van der Waals surface area (Å²) < 4.78 is 15.3. The largest absolute Gasteiger partial charge is 0.471 e. The van der Waals surface area contributed by atoms with Crippen molar-refractivity contribution in [3.63, 3.8) is 0 Å². The zero-order chi connectivity index (χ0) is 23.3. The Morgan fingerprint density at radius 2 is 2.12 bits per heavy atom. The molecular weight excluding hydrogens is 502 g/mol. The molecule has 1 amide bonds. The molecule has 4 heterocycles. The number of rotatable bonds is 4. The molecule has 3 aliphatic rings. The fraction of sp³-hybridized carbons (Fsp3) is 0.500. The molecule has 1 spiro atoms. The number of amides is 1. The number of hydrogen-bond acceptors (Lipinski definition) is 6. The van der Waals surface area contributed by atoms with Crippen LogP contribution >= 0.6 is 15.9 Å². The van der Waals surface area contributed by atoms with Gasteiger partial charge in [0, 0.05) is 28.4 Å². The Kier molecular flexibility index (Phi) is 5.44. The van der Waals surface area contributed by atoms with Gasteiger partial charge in [-0.15, -0.1) is 0 Å². The zero-order valence-electron chi connectivity index (χ0n) is 18.7. The maximum Gasteiger partial charge on any atom is 0.407 e. The van der Waals surface area contributed by atoms with Crippen molar-refractivity contribution in [2.24, 2.45) is 5.41 Å². The van der Waals surface area contributed by atoms with Gasteiger partial charge < -0.3 is 19.5 Å². The molecule has 34 heavy (non-hydrogen) atoms.